The summed E-state index contributed by atoms with van der Waals surface area (Å²) in [6.45, 7) is 3.72. The van der Waals surface area contributed by atoms with Crippen molar-refractivity contribution in [3.05, 3.63) is 59.7 Å². The number of piperazine rings is 1. The molecule has 4 rings (SSSR count). The van der Waals surface area contributed by atoms with Crippen LogP contribution in [0.25, 0.3) is 0 Å². The Morgan fingerprint density at radius 2 is 1.78 bits per heavy atom. The first kappa shape index (κ1) is 30.5. The summed E-state index contributed by atoms with van der Waals surface area (Å²) >= 11 is 1.64. The Hall–Kier alpha value is -3.44. The second-order valence-corrected chi connectivity index (χ2v) is 11.2. The molecular formula is C30H41N5O5S. The highest BCUT2D eigenvalue weighted by Gasteiger charge is 2.50. The number of methoxy groups -OCH3 is 2. The van der Waals surface area contributed by atoms with Gasteiger partial charge in [-0.25, -0.2) is 14.8 Å². The van der Waals surface area contributed by atoms with E-state index in [-0.39, 0.29) is 30.9 Å². The van der Waals surface area contributed by atoms with E-state index in [4.69, 9.17) is 9.47 Å². The fourth-order valence-electron chi connectivity index (χ4n) is 5.51. The Morgan fingerprint density at radius 3 is 2.46 bits per heavy atom. The summed E-state index contributed by atoms with van der Waals surface area (Å²) in [5, 5.41) is 6.55. The normalized spacial score (nSPS) is 19.3. The second-order valence-electron chi connectivity index (χ2n) is 10.2. The maximum Gasteiger partial charge on any atom is 0.334 e. The number of hydrogen-bond donors (Lipinski definition) is 1. The molecule has 1 N–H and O–H groups in total. The van der Waals surface area contributed by atoms with Crippen molar-refractivity contribution < 1.29 is 23.9 Å². The molecule has 0 aliphatic carbocycles. The van der Waals surface area contributed by atoms with E-state index in [0.29, 0.717) is 44.0 Å². The fourth-order valence-corrected chi connectivity index (χ4v) is 5.97. The number of fused-ring (bicyclic) bond motifs is 1. The van der Waals surface area contributed by atoms with E-state index in [1.807, 2.05) is 71.6 Å². The molecule has 0 saturated carbocycles. The quantitative estimate of drug-likeness (QED) is 0.410. The lowest BCUT2D eigenvalue weighted by Crippen LogP contribution is -2.76. The Balaban J connectivity index is 1.59. The number of benzene rings is 2. The van der Waals surface area contributed by atoms with Crippen molar-refractivity contribution in [3.8, 4) is 11.5 Å². The molecule has 10 nitrogen and oxygen atoms in total. The number of nitrogens with zero attached hydrogens (tertiary/aromatic N) is 4. The van der Waals surface area contributed by atoms with Gasteiger partial charge in [-0.15, -0.1) is 0 Å². The van der Waals surface area contributed by atoms with Crippen molar-refractivity contribution in [2.45, 2.75) is 44.9 Å². The van der Waals surface area contributed by atoms with E-state index < -0.39 is 12.2 Å². The average Bonchev–Trinajstić information content (AvgIpc) is 2.99. The molecular weight excluding hydrogens is 542 g/mol. The first-order chi connectivity index (χ1) is 19.9. The first-order valence-corrected chi connectivity index (χ1v) is 15.5. The van der Waals surface area contributed by atoms with Crippen molar-refractivity contribution in [1.29, 1.82) is 0 Å². The number of carbonyl (C=O) groups is 3. The molecule has 2 saturated heterocycles. The minimum atomic E-state index is -0.618. The molecule has 2 fully saturated rings. The topological polar surface area (TPSA) is 94.7 Å². The Morgan fingerprint density at radius 1 is 1.02 bits per heavy atom. The van der Waals surface area contributed by atoms with Crippen LogP contribution in [0.5, 0.6) is 11.5 Å². The monoisotopic (exact) mass is 583 g/mol. The van der Waals surface area contributed by atoms with Crippen LogP contribution in [0.4, 0.5) is 4.79 Å². The van der Waals surface area contributed by atoms with Gasteiger partial charge in [-0.05, 0) is 54.5 Å². The number of amides is 4. The van der Waals surface area contributed by atoms with Gasteiger partial charge in [-0.3, -0.25) is 9.59 Å². The molecule has 41 heavy (non-hydrogen) atoms. The van der Waals surface area contributed by atoms with E-state index in [1.165, 1.54) is 0 Å². The van der Waals surface area contributed by atoms with Gasteiger partial charge in [-0.1, -0.05) is 43.3 Å². The maximum absolute atomic E-state index is 13.8. The van der Waals surface area contributed by atoms with E-state index in [9.17, 15) is 14.4 Å². The molecule has 0 spiro atoms. The van der Waals surface area contributed by atoms with Gasteiger partial charge in [0.1, 0.15) is 12.2 Å². The summed E-state index contributed by atoms with van der Waals surface area (Å²) in [5.41, 5.74) is 1.99. The van der Waals surface area contributed by atoms with E-state index in [0.717, 1.165) is 23.3 Å². The summed E-state index contributed by atoms with van der Waals surface area (Å²) in [6, 6.07) is 14.6. The van der Waals surface area contributed by atoms with Gasteiger partial charge >= 0.3 is 6.03 Å². The second kappa shape index (κ2) is 14.5. The van der Waals surface area contributed by atoms with Gasteiger partial charge in [0.25, 0.3) is 0 Å². The molecule has 2 atom stereocenters. The number of hydrogen-bond acceptors (Lipinski definition) is 7. The lowest BCUT2D eigenvalue weighted by Gasteiger charge is -2.55. The van der Waals surface area contributed by atoms with Crippen LogP contribution in [-0.2, 0) is 22.6 Å². The van der Waals surface area contributed by atoms with Gasteiger partial charge in [-0.2, -0.15) is 11.8 Å². The Labute approximate surface area is 246 Å². The van der Waals surface area contributed by atoms with Crippen molar-refractivity contribution >= 4 is 29.6 Å². The number of nitrogens with one attached hydrogen (secondary N) is 1. The molecule has 4 amide bonds. The van der Waals surface area contributed by atoms with Gasteiger partial charge < -0.3 is 24.6 Å². The number of hydrazine groups is 1. The van der Waals surface area contributed by atoms with E-state index in [1.54, 1.807) is 35.9 Å². The highest BCUT2D eigenvalue weighted by molar-refractivity contribution is 7.98. The van der Waals surface area contributed by atoms with Crippen LogP contribution >= 0.6 is 11.8 Å². The van der Waals surface area contributed by atoms with Gasteiger partial charge in [0.2, 0.25) is 11.8 Å². The molecule has 222 valence electrons. The van der Waals surface area contributed by atoms with Crippen LogP contribution in [-0.4, -0.2) is 102 Å². The van der Waals surface area contributed by atoms with Gasteiger partial charge in [0.05, 0.1) is 27.3 Å². The van der Waals surface area contributed by atoms with Crippen molar-refractivity contribution in [2.75, 3.05) is 52.4 Å². The zero-order chi connectivity index (χ0) is 29.4. The zero-order valence-corrected chi connectivity index (χ0v) is 25.2. The van der Waals surface area contributed by atoms with Crippen LogP contribution in [0.2, 0.25) is 0 Å². The zero-order valence-electron chi connectivity index (χ0n) is 24.4. The van der Waals surface area contributed by atoms with Crippen LogP contribution < -0.4 is 14.8 Å². The number of rotatable bonds is 12. The molecule has 0 aromatic heterocycles. The van der Waals surface area contributed by atoms with E-state index in [2.05, 4.69) is 5.32 Å². The first-order valence-electron chi connectivity index (χ1n) is 14.1. The van der Waals surface area contributed by atoms with Crippen LogP contribution in [0, 0.1) is 0 Å². The predicted octanol–water partition coefficient (Wildman–Crippen LogP) is 3.22. The summed E-state index contributed by atoms with van der Waals surface area (Å²) in [6.07, 6.45) is 3.31. The van der Waals surface area contributed by atoms with Crippen molar-refractivity contribution in [3.63, 3.8) is 0 Å². The third-order valence-electron chi connectivity index (χ3n) is 7.52. The number of urea groups is 1. The average molecular weight is 584 g/mol. The third-order valence-corrected chi connectivity index (χ3v) is 8.16. The predicted molar refractivity (Wildman–Crippen MR) is 160 cm³/mol. The molecule has 0 radical (unpaired) electrons. The molecule has 2 aromatic rings. The minimum absolute atomic E-state index is 0.0672. The summed E-state index contributed by atoms with van der Waals surface area (Å²) in [4.78, 5) is 44.6. The van der Waals surface area contributed by atoms with Gasteiger partial charge in [0.15, 0.2) is 11.5 Å². The smallest absolute Gasteiger partial charge is 0.334 e. The lowest BCUT2D eigenvalue weighted by molar-refractivity contribution is -0.190. The van der Waals surface area contributed by atoms with Gasteiger partial charge in [0, 0.05) is 19.6 Å². The number of carbonyl (C=O) groups excluding carboxylic acids is 3. The Kier molecular flexibility index (Phi) is 10.8. The molecule has 2 aliphatic rings. The van der Waals surface area contributed by atoms with Crippen molar-refractivity contribution in [1.82, 2.24) is 25.1 Å². The largest absolute Gasteiger partial charge is 0.493 e. The maximum atomic E-state index is 13.8. The molecule has 2 heterocycles. The van der Waals surface area contributed by atoms with E-state index >= 15 is 0 Å². The highest BCUT2D eigenvalue weighted by Crippen LogP contribution is 2.30. The number of ether oxygens (including phenoxy) is 2. The van der Waals surface area contributed by atoms with Crippen LogP contribution in [0.1, 0.15) is 30.9 Å². The minimum Gasteiger partial charge on any atom is -0.493 e. The lowest BCUT2D eigenvalue weighted by atomic mass is 10.0. The van der Waals surface area contributed by atoms with Crippen LogP contribution in [0.3, 0.4) is 0 Å². The third kappa shape index (κ3) is 7.08. The highest BCUT2D eigenvalue weighted by atomic mass is 32.2. The Bertz CT molecular complexity index is 1200. The molecule has 2 aromatic carbocycles. The van der Waals surface area contributed by atoms with Crippen molar-refractivity contribution in [2.24, 2.45) is 0 Å². The van der Waals surface area contributed by atoms with Crippen LogP contribution in [0.15, 0.2) is 48.5 Å². The summed E-state index contributed by atoms with van der Waals surface area (Å²) < 4.78 is 10.8. The standard InChI is InChI=1S/C30H41N5O5S/c1-5-15-33-21-28(36)34-24(14-17-41-4)29(37)32(16-13-22-11-12-25(39-2)26(18-22)40-3)20-27(34)35(33)30(38)31-19-23-9-7-6-8-10-23/h6-12,18,24,27H,5,13-17,19-21H2,1-4H3,(H,31,38)/t24-,27-/m0/s1. The fraction of sp³-hybridized carbons (Fsp3) is 0.500. The molecule has 11 heteroatoms. The summed E-state index contributed by atoms with van der Waals surface area (Å²) in [5.74, 6) is 1.82. The SMILES string of the molecule is CCCN1CC(=O)N2[C@@H](CCSC)C(=O)N(CCc3ccc(OC)c(OC)c3)C[C@@H]2N1C(=O)NCc1ccccc1. The molecule has 0 bridgehead atoms. The molecule has 0 unspecified atom stereocenters. The summed E-state index contributed by atoms with van der Waals surface area (Å²) in [7, 11) is 3.19. The molecule has 2 aliphatic heterocycles. The number of thioether (sulfide) groups is 1.